The Hall–Kier alpha value is -2.73. The minimum Gasteiger partial charge on any atom is -0.394 e. The number of ether oxygens (including phenoxy) is 1. The second kappa shape index (κ2) is 11.1. The van der Waals surface area contributed by atoms with Gasteiger partial charge in [0.05, 0.1) is 23.2 Å². The first-order valence-electron chi connectivity index (χ1n) is 9.53. The fraction of sp³-hybridized carbons (Fsp3) is 0.300. The van der Waals surface area contributed by atoms with Gasteiger partial charge in [-0.1, -0.05) is 23.4 Å². The zero-order valence-corrected chi connectivity index (χ0v) is 18.6. The number of aromatic nitrogens is 1. The van der Waals surface area contributed by atoms with E-state index in [0.29, 0.717) is 12.1 Å². The van der Waals surface area contributed by atoms with E-state index in [2.05, 4.69) is 15.4 Å². The van der Waals surface area contributed by atoms with E-state index in [1.165, 1.54) is 12.3 Å². The van der Waals surface area contributed by atoms with Gasteiger partial charge in [0.15, 0.2) is 17.5 Å². The molecular weight excluding hydrogens is 499 g/mol. The highest BCUT2D eigenvalue weighted by Gasteiger charge is 2.44. The Morgan fingerprint density at radius 2 is 1.97 bits per heavy atom. The molecule has 14 heteroatoms. The lowest BCUT2D eigenvalue weighted by atomic mass is 9.97. The fourth-order valence-corrected chi connectivity index (χ4v) is 4.42. The van der Waals surface area contributed by atoms with Crippen LogP contribution in [0.15, 0.2) is 40.7 Å². The van der Waals surface area contributed by atoms with E-state index in [9.17, 15) is 28.5 Å². The predicted octanol–water partition coefficient (Wildman–Crippen LogP) is 2.54. The van der Waals surface area contributed by atoms with Crippen molar-refractivity contribution in [3.8, 4) is 6.07 Å². The number of hydrogen-bond donors (Lipinski definition) is 5. The Morgan fingerprint density at radius 3 is 2.53 bits per heavy atom. The Labute approximate surface area is 200 Å². The first-order chi connectivity index (χ1) is 16.2. The summed E-state index contributed by atoms with van der Waals surface area (Å²) in [6.07, 6.45) is -1.77. The second-order valence-corrected chi connectivity index (χ2v) is 8.55. The molecule has 1 aromatic carbocycles. The topological polar surface area (TPSA) is 155 Å². The number of aliphatic hydroxyl groups excluding tert-OH is 3. The number of nitriles is 1. The van der Waals surface area contributed by atoms with E-state index in [0.717, 1.165) is 18.0 Å². The van der Waals surface area contributed by atoms with E-state index in [-0.39, 0.29) is 26.9 Å². The van der Waals surface area contributed by atoms with Gasteiger partial charge in [-0.05, 0) is 18.2 Å². The SMILES string of the molecule is N#Cc1cnc(S[C@H]2OC(CO)[C@H](O)C(N/C=C(\N=N)c3cc(F)c(F)c(F)c3)C2O)cc1Cl. The predicted molar refractivity (Wildman–Crippen MR) is 114 cm³/mol. The summed E-state index contributed by atoms with van der Waals surface area (Å²) in [6.45, 7) is -0.613. The number of aliphatic hydroxyl groups is 3. The number of nitrogens with zero attached hydrogens (tertiary/aromatic N) is 3. The highest BCUT2D eigenvalue weighted by molar-refractivity contribution is 7.99. The van der Waals surface area contributed by atoms with Crippen molar-refractivity contribution in [3.05, 3.63) is 64.2 Å². The van der Waals surface area contributed by atoms with E-state index in [1.54, 1.807) is 0 Å². The number of rotatable bonds is 7. The monoisotopic (exact) mass is 515 g/mol. The highest BCUT2D eigenvalue weighted by Crippen LogP contribution is 2.34. The fourth-order valence-electron chi connectivity index (χ4n) is 3.12. The molecule has 1 aromatic heterocycles. The third-order valence-electron chi connectivity index (χ3n) is 4.88. The number of benzene rings is 1. The normalized spacial score (nSPS) is 25.0. The van der Waals surface area contributed by atoms with Crippen LogP contribution in [0.4, 0.5) is 13.2 Å². The van der Waals surface area contributed by atoms with Gasteiger partial charge in [0.25, 0.3) is 0 Å². The zero-order chi connectivity index (χ0) is 25.0. The van der Waals surface area contributed by atoms with E-state index < -0.39 is 53.8 Å². The second-order valence-electron chi connectivity index (χ2n) is 7.03. The van der Waals surface area contributed by atoms with Gasteiger partial charge in [-0.15, -0.1) is 0 Å². The van der Waals surface area contributed by atoms with Crippen LogP contribution in [-0.2, 0) is 4.74 Å². The zero-order valence-electron chi connectivity index (χ0n) is 17.0. The van der Waals surface area contributed by atoms with Crippen LogP contribution < -0.4 is 5.32 Å². The van der Waals surface area contributed by atoms with Crippen LogP contribution in [0.3, 0.4) is 0 Å². The molecule has 0 aliphatic carbocycles. The van der Waals surface area contributed by atoms with E-state index >= 15 is 0 Å². The number of hydrogen-bond acceptors (Lipinski definition) is 10. The maximum atomic E-state index is 13.6. The minimum absolute atomic E-state index is 0.127. The van der Waals surface area contributed by atoms with Crippen LogP contribution in [0.5, 0.6) is 0 Å². The Bertz CT molecular complexity index is 1130. The molecule has 5 N–H and O–H groups in total. The Kier molecular flexibility index (Phi) is 8.47. The molecule has 3 rings (SSSR count). The standard InChI is InChI=1S/C20H17ClF3N5O4S/c21-10-3-15(27-5-9(10)4-25)34-20-19(32)17(18(31)14(7-30)33-20)28-6-13(29-26)8-1-11(22)16(24)12(23)2-8/h1-3,5-6,14,17-20,26,28,30-32H,7H2/b13-6-,29-26?/t14?,17?,18-,19?,20+/m0/s1. The van der Waals surface area contributed by atoms with E-state index in [4.69, 9.17) is 27.1 Å². The van der Waals surface area contributed by atoms with Crippen LogP contribution in [0, 0.1) is 34.3 Å². The van der Waals surface area contributed by atoms with E-state index in [1.807, 2.05) is 6.07 Å². The first kappa shape index (κ1) is 25.9. The molecule has 0 radical (unpaired) electrons. The smallest absolute Gasteiger partial charge is 0.194 e. The minimum atomic E-state index is -1.68. The third-order valence-corrected chi connectivity index (χ3v) is 6.28. The largest absolute Gasteiger partial charge is 0.394 e. The van der Waals surface area contributed by atoms with Crippen LogP contribution in [0.2, 0.25) is 5.02 Å². The van der Waals surface area contributed by atoms with Crippen LogP contribution in [0.25, 0.3) is 5.70 Å². The van der Waals surface area contributed by atoms with Gasteiger partial charge in [-0.25, -0.2) is 23.7 Å². The maximum Gasteiger partial charge on any atom is 0.194 e. The molecule has 1 saturated heterocycles. The molecule has 1 aliphatic rings. The van der Waals surface area contributed by atoms with Crippen molar-refractivity contribution in [2.75, 3.05) is 6.61 Å². The molecule has 180 valence electrons. The first-order valence-corrected chi connectivity index (χ1v) is 10.8. The Balaban J connectivity index is 1.85. The molecule has 1 aliphatic heterocycles. The molecule has 34 heavy (non-hydrogen) atoms. The van der Waals surface area contributed by atoms with Gasteiger partial charge >= 0.3 is 0 Å². The van der Waals surface area contributed by atoms with Crippen LogP contribution >= 0.6 is 23.4 Å². The molecular formula is C20H17ClF3N5O4S. The molecule has 9 nitrogen and oxygen atoms in total. The summed E-state index contributed by atoms with van der Waals surface area (Å²) < 4.78 is 45.9. The number of thioether (sulfide) groups is 1. The summed E-state index contributed by atoms with van der Waals surface area (Å²) in [5.41, 5.74) is 5.75. The highest BCUT2D eigenvalue weighted by atomic mass is 35.5. The third kappa shape index (κ3) is 5.49. The molecule has 2 aromatic rings. The average Bonchev–Trinajstić information content (AvgIpc) is 2.81. The molecule has 0 spiro atoms. The lowest BCUT2D eigenvalue weighted by Gasteiger charge is -2.42. The molecule has 1 fully saturated rings. The van der Waals surface area contributed by atoms with Gasteiger partial charge in [0.2, 0.25) is 0 Å². The maximum absolute atomic E-state index is 13.6. The van der Waals surface area contributed by atoms with Crippen molar-refractivity contribution < 1.29 is 33.2 Å². The van der Waals surface area contributed by atoms with Crippen molar-refractivity contribution >= 4 is 29.1 Å². The number of pyridine rings is 1. The van der Waals surface area contributed by atoms with Crippen LogP contribution in [0.1, 0.15) is 11.1 Å². The number of halogens is 4. The summed E-state index contributed by atoms with van der Waals surface area (Å²) >= 11 is 6.91. The van der Waals surface area contributed by atoms with Crippen LogP contribution in [-0.4, -0.2) is 56.7 Å². The van der Waals surface area contributed by atoms with Gasteiger partial charge < -0.3 is 25.4 Å². The van der Waals surface area contributed by atoms with Crippen molar-refractivity contribution in [3.63, 3.8) is 0 Å². The van der Waals surface area contributed by atoms with Gasteiger partial charge in [-0.2, -0.15) is 10.4 Å². The Morgan fingerprint density at radius 1 is 1.29 bits per heavy atom. The summed E-state index contributed by atoms with van der Waals surface area (Å²) in [4.78, 5) is 4.05. The van der Waals surface area contributed by atoms with Crippen molar-refractivity contribution in [1.29, 1.82) is 10.8 Å². The summed E-state index contributed by atoms with van der Waals surface area (Å²) in [5.74, 6) is -4.65. The summed E-state index contributed by atoms with van der Waals surface area (Å²) in [6, 6.07) is 3.33. The lowest BCUT2D eigenvalue weighted by Crippen LogP contribution is -2.62. The molecule has 5 atom stereocenters. The lowest BCUT2D eigenvalue weighted by molar-refractivity contribution is -0.164. The number of nitrogens with one attached hydrogen (secondary N) is 2. The molecule has 0 saturated carbocycles. The van der Waals surface area contributed by atoms with Crippen molar-refractivity contribution in [2.24, 2.45) is 5.11 Å². The van der Waals surface area contributed by atoms with Crippen molar-refractivity contribution in [1.82, 2.24) is 10.3 Å². The summed E-state index contributed by atoms with van der Waals surface area (Å²) in [7, 11) is 0. The van der Waals surface area contributed by atoms with Gasteiger partial charge in [0, 0.05) is 18.0 Å². The molecule has 0 bridgehead atoms. The molecule has 3 unspecified atom stereocenters. The molecule has 0 amide bonds. The average molecular weight is 516 g/mol. The van der Waals surface area contributed by atoms with Crippen molar-refractivity contribution in [2.45, 2.75) is 34.8 Å². The molecule has 2 heterocycles. The van der Waals surface area contributed by atoms with Gasteiger partial charge in [0.1, 0.15) is 40.5 Å². The van der Waals surface area contributed by atoms with Gasteiger partial charge in [-0.3, -0.25) is 0 Å². The quantitative estimate of drug-likeness (QED) is 0.278. The summed E-state index contributed by atoms with van der Waals surface area (Å²) in [5, 5.41) is 46.0.